The highest BCUT2D eigenvalue weighted by Crippen LogP contribution is 2.02. The van der Waals surface area contributed by atoms with Crippen molar-refractivity contribution >= 4 is 5.91 Å². The molecule has 1 N–H and O–H groups in total. The van der Waals surface area contributed by atoms with E-state index in [-0.39, 0.29) is 11.9 Å². The van der Waals surface area contributed by atoms with Gasteiger partial charge in [0.1, 0.15) is 5.92 Å². The molecule has 0 fully saturated rings. The van der Waals surface area contributed by atoms with Crippen LogP contribution in [0.1, 0.15) is 33.1 Å². The average molecular weight is 192 g/mol. The smallest absolute Gasteiger partial charge is 0.238 e. The van der Waals surface area contributed by atoms with Crippen LogP contribution in [-0.2, 0) is 4.79 Å². The molecule has 3 nitrogen and oxygen atoms in total. The van der Waals surface area contributed by atoms with Gasteiger partial charge >= 0.3 is 0 Å². The van der Waals surface area contributed by atoms with Crippen molar-refractivity contribution in [3.8, 4) is 18.4 Å². The molecular formula is C11H16N2O. The Morgan fingerprint density at radius 3 is 2.57 bits per heavy atom. The van der Waals surface area contributed by atoms with Gasteiger partial charge in [-0.05, 0) is 12.8 Å². The van der Waals surface area contributed by atoms with Crippen LogP contribution in [0.4, 0.5) is 0 Å². The van der Waals surface area contributed by atoms with Crippen LogP contribution in [0.25, 0.3) is 0 Å². The fourth-order valence-corrected chi connectivity index (χ4v) is 1.09. The molecule has 14 heavy (non-hydrogen) atoms. The van der Waals surface area contributed by atoms with Crippen LogP contribution in [-0.4, -0.2) is 11.9 Å². The number of carbonyl (C=O) groups is 1. The first-order chi connectivity index (χ1) is 6.69. The standard InChI is InChI=1S/C11H16N2O/c1-4-7-10(6-3)13-11(14)9(5-2)8-12/h3,9-10H,4-5,7H2,1-2H3,(H,13,14). The third kappa shape index (κ3) is 3.96. The number of hydrogen-bond donors (Lipinski definition) is 1. The topological polar surface area (TPSA) is 52.9 Å². The highest BCUT2D eigenvalue weighted by Gasteiger charge is 2.17. The lowest BCUT2D eigenvalue weighted by Crippen LogP contribution is -2.37. The Bertz CT molecular complexity index is 259. The number of terminal acetylenes is 1. The van der Waals surface area contributed by atoms with Crippen LogP contribution in [0.2, 0.25) is 0 Å². The summed E-state index contributed by atoms with van der Waals surface area (Å²) in [7, 11) is 0. The average Bonchev–Trinajstić information content (AvgIpc) is 2.19. The summed E-state index contributed by atoms with van der Waals surface area (Å²) in [4.78, 5) is 11.4. The van der Waals surface area contributed by atoms with Crippen molar-refractivity contribution in [2.24, 2.45) is 5.92 Å². The van der Waals surface area contributed by atoms with E-state index in [1.165, 1.54) is 0 Å². The molecule has 0 aliphatic carbocycles. The van der Waals surface area contributed by atoms with Gasteiger partial charge < -0.3 is 5.32 Å². The van der Waals surface area contributed by atoms with Gasteiger partial charge in [0.25, 0.3) is 0 Å². The predicted octanol–water partition coefficient (Wildman–Crippen LogP) is 1.45. The van der Waals surface area contributed by atoms with E-state index in [2.05, 4.69) is 11.2 Å². The third-order valence-electron chi connectivity index (χ3n) is 1.98. The summed E-state index contributed by atoms with van der Waals surface area (Å²) >= 11 is 0. The lowest BCUT2D eigenvalue weighted by Gasteiger charge is -2.13. The minimum Gasteiger partial charge on any atom is -0.341 e. The fourth-order valence-electron chi connectivity index (χ4n) is 1.09. The minimum absolute atomic E-state index is 0.241. The summed E-state index contributed by atoms with van der Waals surface area (Å²) in [6, 6.07) is 1.70. The maximum atomic E-state index is 11.4. The van der Waals surface area contributed by atoms with Gasteiger partial charge in [-0.15, -0.1) is 6.42 Å². The van der Waals surface area contributed by atoms with E-state index in [1.807, 2.05) is 13.0 Å². The van der Waals surface area contributed by atoms with Crippen molar-refractivity contribution in [3.63, 3.8) is 0 Å². The Kier molecular flexibility index (Phi) is 6.24. The highest BCUT2D eigenvalue weighted by molar-refractivity contribution is 5.81. The van der Waals surface area contributed by atoms with Gasteiger partial charge in [-0.1, -0.05) is 26.2 Å². The molecular weight excluding hydrogens is 176 g/mol. The Balaban J connectivity index is 4.17. The minimum atomic E-state index is -0.581. The predicted molar refractivity (Wildman–Crippen MR) is 55.1 cm³/mol. The zero-order valence-electron chi connectivity index (χ0n) is 8.71. The molecule has 0 aliphatic heterocycles. The summed E-state index contributed by atoms with van der Waals surface area (Å²) < 4.78 is 0. The summed E-state index contributed by atoms with van der Waals surface area (Å²) in [5.41, 5.74) is 0. The molecule has 0 spiro atoms. The van der Waals surface area contributed by atoms with Crippen molar-refractivity contribution in [2.75, 3.05) is 0 Å². The molecule has 2 unspecified atom stereocenters. The monoisotopic (exact) mass is 192 g/mol. The number of rotatable bonds is 5. The molecule has 0 aromatic carbocycles. The SMILES string of the molecule is C#CC(CCC)NC(=O)C(C#N)CC. The first-order valence-electron chi connectivity index (χ1n) is 4.85. The molecule has 0 heterocycles. The molecule has 0 aromatic heterocycles. The quantitative estimate of drug-likeness (QED) is 0.670. The van der Waals surface area contributed by atoms with Crippen LogP contribution in [0.15, 0.2) is 0 Å². The Morgan fingerprint density at radius 1 is 1.57 bits per heavy atom. The largest absolute Gasteiger partial charge is 0.341 e. The normalized spacial score (nSPS) is 13.4. The first kappa shape index (κ1) is 12.5. The lowest BCUT2D eigenvalue weighted by molar-refractivity contribution is -0.123. The summed E-state index contributed by atoms with van der Waals surface area (Å²) in [5, 5.41) is 11.3. The van der Waals surface area contributed by atoms with E-state index in [0.717, 1.165) is 12.8 Å². The second kappa shape index (κ2) is 6.97. The second-order valence-corrected chi connectivity index (χ2v) is 3.11. The molecule has 0 aromatic rings. The van der Waals surface area contributed by atoms with Crippen molar-refractivity contribution in [3.05, 3.63) is 0 Å². The van der Waals surface area contributed by atoms with E-state index >= 15 is 0 Å². The van der Waals surface area contributed by atoms with Crippen molar-refractivity contribution < 1.29 is 4.79 Å². The Labute approximate surface area is 85.5 Å². The van der Waals surface area contributed by atoms with Crippen LogP contribution < -0.4 is 5.32 Å². The van der Waals surface area contributed by atoms with Crippen LogP contribution in [0.3, 0.4) is 0 Å². The zero-order chi connectivity index (χ0) is 11.0. The van der Waals surface area contributed by atoms with Crippen molar-refractivity contribution in [2.45, 2.75) is 39.2 Å². The van der Waals surface area contributed by atoms with Gasteiger partial charge in [0.15, 0.2) is 0 Å². The summed E-state index contributed by atoms with van der Waals surface area (Å²) in [5.74, 6) is 1.66. The third-order valence-corrected chi connectivity index (χ3v) is 1.98. The van der Waals surface area contributed by atoms with Gasteiger partial charge in [-0.25, -0.2) is 0 Å². The van der Waals surface area contributed by atoms with E-state index in [1.54, 1.807) is 6.92 Å². The Morgan fingerprint density at radius 2 is 2.21 bits per heavy atom. The summed E-state index contributed by atoms with van der Waals surface area (Å²) in [6.07, 6.45) is 7.43. The molecule has 0 aliphatic rings. The number of nitriles is 1. The Hall–Kier alpha value is -1.48. The van der Waals surface area contributed by atoms with Gasteiger partial charge in [0.2, 0.25) is 5.91 Å². The maximum Gasteiger partial charge on any atom is 0.238 e. The number of amides is 1. The van der Waals surface area contributed by atoms with Gasteiger partial charge in [-0.2, -0.15) is 5.26 Å². The summed E-state index contributed by atoms with van der Waals surface area (Å²) in [6.45, 7) is 3.80. The molecule has 76 valence electrons. The molecule has 2 atom stereocenters. The molecule has 3 heteroatoms. The van der Waals surface area contributed by atoms with Crippen molar-refractivity contribution in [1.29, 1.82) is 5.26 Å². The molecule has 0 rings (SSSR count). The van der Waals surface area contributed by atoms with Gasteiger partial charge in [-0.3, -0.25) is 4.79 Å². The molecule has 1 amide bonds. The molecule has 0 saturated heterocycles. The van der Waals surface area contributed by atoms with Gasteiger partial charge in [0, 0.05) is 0 Å². The van der Waals surface area contributed by atoms with Crippen LogP contribution >= 0.6 is 0 Å². The zero-order valence-corrected chi connectivity index (χ0v) is 8.71. The second-order valence-electron chi connectivity index (χ2n) is 3.11. The highest BCUT2D eigenvalue weighted by atomic mass is 16.1. The number of nitrogens with zero attached hydrogens (tertiary/aromatic N) is 1. The molecule has 0 saturated carbocycles. The van der Waals surface area contributed by atoms with E-state index in [0.29, 0.717) is 6.42 Å². The fraction of sp³-hybridized carbons (Fsp3) is 0.636. The van der Waals surface area contributed by atoms with E-state index in [4.69, 9.17) is 11.7 Å². The first-order valence-corrected chi connectivity index (χ1v) is 4.85. The number of carbonyl (C=O) groups excluding carboxylic acids is 1. The van der Waals surface area contributed by atoms with Crippen LogP contribution in [0, 0.1) is 29.6 Å². The van der Waals surface area contributed by atoms with Crippen molar-refractivity contribution in [1.82, 2.24) is 5.32 Å². The van der Waals surface area contributed by atoms with Gasteiger partial charge in [0.05, 0.1) is 12.1 Å². The maximum absolute atomic E-state index is 11.4. The van der Waals surface area contributed by atoms with E-state index in [9.17, 15) is 4.79 Å². The number of hydrogen-bond acceptors (Lipinski definition) is 2. The van der Waals surface area contributed by atoms with Crippen LogP contribution in [0.5, 0.6) is 0 Å². The lowest BCUT2D eigenvalue weighted by atomic mass is 10.1. The number of nitrogens with one attached hydrogen (secondary N) is 1. The van der Waals surface area contributed by atoms with E-state index < -0.39 is 5.92 Å². The molecule has 0 bridgehead atoms. The molecule has 0 radical (unpaired) electrons.